The Morgan fingerprint density at radius 2 is 2.06 bits per heavy atom. The summed E-state index contributed by atoms with van der Waals surface area (Å²) in [4.78, 5) is 15.6. The van der Waals surface area contributed by atoms with Crippen molar-refractivity contribution in [2.24, 2.45) is 0 Å². The van der Waals surface area contributed by atoms with Crippen molar-refractivity contribution in [1.82, 2.24) is 4.98 Å². The smallest absolute Gasteiger partial charge is 0.224 e. The maximum absolute atomic E-state index is 11.7. The molecule has 0 unspecified atom stereocenters. The average molecular weight is 261 g/mol. The van der Waals surface area contributed by atoms with Gasteiger partial charge in [0.15, 0.2) is 0 Å². The second-order valence-corrected chi connectivity index (χ2v) is 4.29. The van der Waals surface area contributed by atoms with Gasteiger partial charge >= 0.3 is 0 Å². The van der Waals surface area contributed by atoms with Crippen LogP contribution in [0.5, 0.6) is 0 Å². The highest BCUT2D eigenvalue weighted by Gasteiger charge is 2.05. The SMILES string of the molecule is O=C(CCc1ccccc1Cl)Nc1cccnc1. The number of amides is 1. The van der Waals surface area contributed by atoms with E-state index in [-0.39, 0.29) is 5.91 Å². The van der Waals surface area contributed by atoms with Crippen molar-refractivity contribution < 1.29 is 4.79 Å². The highest BCUT2D eigenvalue weighted by Crippen LogP contribution is 2.16. The quantitative estimate of drug-likeness (QED) is 0.916. The first-order valence-electron chi connectivity index (χ1n) is 5.69. The summed E-state index contributed by atoms with van der Waals surface area (Å²) in [5.74, 6) is -0.0390. The molecule has 0 spiro atoms. The summed E-state index contributed by atoms with van der Waals surface area (Å²) in [5.41, 5.74) is 1.70. The first kappa shape index (κ1) is 12.6. The highest BCUT2D eigenvalue weighted by molar-refractivity contribution is 6.31. The van der Waals surface area contributed by atoms with Crippen molar-refractivity contribution >= 4 is 23.2 Å². The minimum Gasteiger partial charge on any atom is -0.325 e. The number of rotatable bonds is 4. The number of nitrogens with one attached hydrogen (secondary N) is 1. The number of benzene rings is 1. The Bertz CT molecular complexity index is 528. The summed E-state index contributed by atoms with van der Waals surface area (Å²) in [6, 6.07) is 11.1. The molecule has 1 aromatic carbocycles. The van der Waals surface area contributed by atoms with E-state index < -0.39 is 0 Å². The maximum atomic E-state index is 11.7. The third-order valence-corrected chi connectivity index (χ3v) is 2.89. The molecule has 0 aliphatic carbocycles. The van der Waals surface area contributed by atoms with Gasteiger partial charge in [0.1, 0.15) is 0 Å². The molecule has 1 N–H and O–H groups in total. The minimum atomic E-state index is -0.0390. The van der Waals surface area contributed by atoms with Crippen LogP contribution in [0.1, 0.15) is 12.0 Å². The molecule has 2 aromatic rings. The summed E-state index contributed by atoms with van der Waals surface area (Å²) in [6.45, 7) is 0. The Morgan fingerprint density at radius 3 is 2.78 bits per heavy atom. The van der Waals surface area contributed by atoms with Gasteiger partial charge in [-0.1, -0.05) is 29.8 Å². The Balaban J connectivity index is 1.88. The predicted octanol–water partition coefficient (Wildman–Crippen LogP) is 3.31. The number of aryl methyl sites for hydroxylation is 1. The van der Waals surface area contributed by atoms with E-state index in [1.54, 1.807) is 24.5 Å². The molecule has 1 heterocycles. The second kappa shape index (κ2) is 6.17. The maximum Gasteiger partial charge on any atom is 0.224 e. The Hall–Kier alpha value is -1.87. The molecule has 2 rings (SSSR count). The van der Waals surface area contributed by atoms with E-state index in [1.807, 2.05) is 24.3 Å². The first-order chi connectivity index (χ1) is 8.75. The topological polar surface area (TPSA) is 42.0 Å². The zero-order valence-corrected chi connectivity index (χ0v) is 10.5. The highest BCUT2D eigenvalue weighted by atomic mass is 35.5. The predicted molar refractivity (Wildman–Crippen MR) is 72.6 cm³/mol. The fourth-order valence-electron chi connectivity index (χ4n) is 1.61. The van der Waals surface area contributed by atoms with Crippen molar-refractivity contribution in [2.75, 3.05) is 5.32 Å². The van der Waals surface area contributed by atoms with Crippen molar-refractivity contribution in [3.63, 3.8) is 0 Å². The minimum absolute atomic E-state index is 0.0390. The monoisotopic (exact) mass is 260 g/mol. The number of carbonyl (C=O) groups excluding carboxylic acids is 1. The van der Waals surface area contributed by atoms with E-state index in [1.165, 1.54) is 0 Å². The van der Waals surface area contributed by atoms with Crippen LogP contribution in [0.2, 0.25) is 5.02 Å². The number of nitrogens with zero attached hydrogens (tertiary/aromatic N) is 1. The number of hydrogen-bond donors (Lipinski definition) is 1. The first-order valence-corrected chi connectivity index (χ1v) is 6.07. The molecule has 18 heavy (non-hydrogen) atoms. The molecule has 1 amide bonds. The van der Waals surface area contributed by atoms with Gasteiger partial charge in [-0.2, -0.15) is 0 Å². The molecule has 3 nitrogen and oxygen atoms in total. The summed E-state index contributed by atoms with van der Waals surface area (Å²) in [7, 11) is 0. The zero-order valence-electron chi connectivity index (χ0n) is 9.77. The van der Waals surface area contributed by atoms with Crippen LogP contribution in [0.4, 0.5) is 5.69 Å². The van der Waals surface area contributed by atoms with Gasteiger partial charge in [0.2, 0.25) is 5.91 Å². The van der Waals surface area contributed by atoms with E-state index in [0.717, 1.165) is 5.56 Å². The van der Waals surface area contributed by atoms with Crippen LogP contribution in [0.3, 0.4) is 0 Å². The third kappa shape index (κ3) is 3.57. The number of anilines is 1. The molecule has 92 valence electrons. The molecule has 1 aromatic heterocycles. The van der Waals surface area contributed by atoms with Crippen LogP contribution >= 0.6 is 11.6 Å². The van der Waals surface area contributed by atoms with Crippen molar-refractivity contribution in [3.05, 3.63) is 59.4 Å². The largest absolute Gasteiger partial charge is 0.325 e. The zero-order chi connectivity index (χ0) is 12.8. The lowest BCUT2D eigenvalue weighted by Crippen LogP contribution is -2.12. The molecular formula is C14H13ClN2O. The van der Waals surface area contributed by atoms with E-state index in [4.69, 9.17) is 11.6 Å². The molecule has 0 saturated carbocycles. The van der Waals surface area contributed by atoms with E-state index in [2.05, 4.69) is 10.3 Å². The van der Waals surface area contributed by atoms with Crippen molar-refractivity contribution in [1.29, 1.82) is 0 Å². The Labute approximate surface area is 111 Å². The van der Waals surface area contributed by atoms with Gasteiger partial charge in [-0.15, -0.1) is 0 Å². The van der Waals surface area contributed by atoms with Crippen molar-refractivity contribution in [2.45, 2.75) is 12.8 Å². The van der Waals surface area contributed by atoms with Gasteiger partial charge < -0.3 is 5.32 Å². The lowest BCUT2D eigenvalue weighted by atomic mass is 10.1. The summed E-state index contributed by atoms with van der Waals surface area (Å²) < 4.78 is 0. The summed E-state index contributed by atoms with van der Waals surface area (Å²) in [6.07, 6.45) is 4.32. The normalized spacial score (nSPS) is 10.1. The Morgan fingerprint density at radius 1 is 1.22 bits per heavy atom. The molecule has 0 aliphatic rings. The van der Waals surface area contributed by atoms with Gasteiger partial charge in [-0.25, -0.2) is 0 Å². The van der Waals surface area contributed by atoms with Gasteiger partial charge in [-0.05, 0) is 30.2 Å². The van der Waals surface area contributed by atoms with Gasteiger partial charge in [0.05, 0.1) is 11.9 Å². The fourth-order valence-corrected chi connectivity index (χ4v) is 1.84. The number of aromatic nitrogens is 1. The van der Waals surface area contributed by atoms with Crippen LogP contribution in [0.15, 0.2) is 48.8 Å². The molecule has 0 radical (unpaired) electrons. The van der Waals surface area contributed by atoms with E-state index >= 15 is 0 Å². The van der Waals surface area contributed by atoms with Gasteiger partial charge in [-0.3, -0.25) is 9.78 Å². The van der Waals surface area contributed by atoms with Crippen LogP contribution < -0.4 is 5.32 Å². The van der Waals surface area contributed by atoms with Gasteiger partial charge in [0.25, 0.3) is 0 Å². The van der Waals surface area contributed by atoms with E-state index in [9.17, 15) is 4.79 Å². The molecule has 0 aliphatic heterocycles. The molecular weight excluding hydrogens is 248 g/mol. The number of halogens is 1. The Kier molecular flexibility index (Phi) is 4.31. The number of carbonyl (C=O) groups is 1. The van der Waals surface area contributed by atoms with Gasteiger partial charge in [0, 0.05) is 17.6 Å². The fraction of sp³-hybridized carbons (Fsp3) is 0.143. The lowest BCUT2D eigenvalue weighted by Gasteiger charge is -2.05. The third-order valence-electron chi connectivity index (χ3n) is 2.52. The molecule has 4 heteroatoms. The van der Waals surface area contributed by atoms with E-state index in [0.29, 0.717) is 23.6 Å². The molecule has 0 fully saturated rings. The van der Waals surface area contributed by atoms with Crippen LogP contribution in [-0.4, -0.2) is 10.9 Å². The van der Waals surface area contributed by atoms with Crippen LogP contribution in [0, 0.1) is 0 Å². The number of pyridine rings is 1. The number of hydrogen-bond acceptors (Lipinski definition) is 2. The molecule has 0 saturated heterocycles. The summed E-state index contributed by atoms with van der Waals surface area (Å²) >= 11 is 6.03. The standard InChI is InChI=1S/C14H13ClN2O/c15-13-6-2-1-4-11(13)7-8-14(18)17-12-5-3-9-16-10-12/h1-6,9-10H,7-8H2,(H,17,18). The summed E-state index contributed by atoms with van der Waals surface area (Å²) in [5, 5.41) is 3.49. The van der Waals surface area contributed by atoms with Crippen LogP contribution in [0.25, 0.3) is 0 Å². The van der Waals surface area contributed by atoms with Crippen molar-refractivity contribution in [3.8, 4) is 0 Å². The molecule has 0 atom stereocenters. The average Bonchev–Trinajstić information content (AvgIpc) is 2.39. The molecule has 0 bridgehead atoms. The van der Waals surface area contributed by atoms with Crippen LogP contribution in [-0.2, 0) is 11.2 Å². The lowest BCUT2D eigenvalue weighted by molar-refractivity contribution is -0.116. The second-order valence-electron chi connectivity index (χ2n) is 3.88.